The van der Waals surface area contributed by atoms with Crippen molar-refractivity contribution in [3.05, 3.63) is 0 Å². The summed E-state index contributed by atoms with van der Waals surface area (Å²) in [7, 11) is 0. The van der Waals surface area contributed by atoms with Gasteiger partial charge in [0.1, 0.15) is 6.10 Å². The van der Waals surface area contributed by atoms with Gasteiger partial charge in [0, 0.05) is 13.3 Å². The van der Waals surface area contributed by atoms with Gasteiger partial charge in [-0.15, -0.1) is 0 Å². The summed E-state index contributed by atoms with van der Waals surface area (Å²) in [5, 5.41) is 0. The third-order valence-corrected chi connectivity index (χ3v) is 3.77. The Hall–Kier alpha value is -0.910. The number of aliphatic imine (C=N–C) groups is 1. The van der Waals surface area contributed by atoms with E-state index in [0.717, 1.165) is 25.7 Å². The van der Waals surface area contributed by atoms with Gasteiger partial charge in [-0.1, -0.05) is 42.1 Å². The van der Waals surface area contributed by atoms with Crippen molar-refractivity contribution in [2.24, 2.45) is 4.99 Å². The summed E-state index contributed by atoms with van der Waals surface area (Å²) in [5.74, 6) is -0.375. The summed E-state index contributed by atoms with van der Waals surface area (Å²) in [6, 6.07) is 0. The van der Waals surface area contributed by atoms with Crippen LogP contribution >= 0.6 is 15.9 Å². The fraction of sp³-hybridized carbons (Fsp3) is 0.769. The topological polar surface area (TPSA) is 65.0 Å². The van der Waals surface area contributed by atoms with E-state index in [1.807, 2.05) is 0 Å². The molecule has 0 bridgehead atoms. The van der Waals surface area contributed by atoms with Gasteiger partial charge in [0.15, 0.2) is 0 Å². The first-order valence-electron chi connectivity index (χ1n) is 6.61. The van der Waals surface area contributed by atoms with Crippen molar-refractivity contribution in [1.29, 1.82) is 0 Å². The number of carbonyl (C=O) groups is 2. The molecule has 1 rings (SSSR count). The van der Waals surface area contributed by atoms with Crippen LogP contribution in [-0.2, 0) is 14.3 Å². The molecule has 1 amide bonds. The summed E-state index contributed by atoms with van der Waals surface area (Å²) in [6.07, 6.45) is 3.52. The summed E-state index contributed by atoms with van der Waals surface area (Å²) >= 11 is 3.53. The van der Waals surface area contributed by atoms with E-state index in [1.54, 1.807) is 0 Å². The van der Waals surface area contributed by atoms with E-state index in [9.17, 15) is 9.59 Å². The summed E-state index contributed by atoms with van der Waals surface area (Å²) in [5.41, 5.74) is 0.564. The number of alkyl halides is 1. The van der Waals surface area contributed by atoms with Gasteiger partial charge in [0.2, 0.25) is 0 Å². The lowest BCUT2D eigenvalue weighted by molar-refractivity contribution is -0.143. The van der Waals surface area contributed by atoms with E-state index in [2.05, 4.69) is 27.8 Å². The largest absolute Gasteiger partial charge is 0.456 e. The smallest absolute Gasteiger partial charge is 0.433 e. The van der Waals surface area contributed by atoms with E-state index in [1.165, 1.54) is 6.92 Å². The first kappa shape index (κ1) is 16.1. The maximum absolute atomic E-state index is 11.4. The zero-order chi connectivity index (χ0) is 14.3. The van der Waals surface area contributed by atoms with Crippen LogP contribution in [0.4, 0.5) is 4.79 Å². The molecule has 1 aliphatic rings. The Morgan fingerprint density at radius 3 is 2.95 bits per heavy atom. The Labute approximate surface area is 121 Å². The summed E-state index contributed by atoms with van der Waals surface area (Å²) in [4.78, 5) is 26.4. The molecule has 0 aromatic rings. The van der Waals surface area contributed by atoms with Crippen LogP contribution in [-0.4, -0.2) is 35.3 Å². The van der Waals surface area contributed by atoms with Crippen LogP contribution in [0, 0.1) is 0 Å². The number of cyclic esters (lactones) is 1. The van der Waals surface area contributed by atoms with Gasteiger partial charge in [-0.2, -0.15) is 4.99 Å². The second-order valence-electron chi connectivity index (χ2n) is 4.50. The van der Waals surface area contributed by atoms with Gasteiger partial charge < -0.3 is 9.47 Å². The highest BCUT2D eigenvalue weighted by Gasteiger charge is 2.29. The molecule has 0 radical (unpaired) electrons. The van der Waals surface area contributed by atoms with Gasteiger partial charge >= 0.3 is 12.1 Å². The molecule has 2 atom stereocenters. The van der Waals surface area contributed by atoms with Crippen molar-refractivity contribution in [2.45, 2.75) is 56.9 Å². The fourth-order valence-electron chi connectivity index (χ4n) is 1.92. The SMILES string of the molecule is CCCCC[C@H](Br)C1=NC(=O)OCCC1OC(C)=O. The quantitative estimate of drug-likeness (QED) is 0.425. The molecule has 0 saturated heterocycles. The fourth-order valence-corrected chi connectivity index (χ4v) is 2.64. The molecule has 5 nitrogen and oxygen atoms in total. The molecule has 1 heterocycles. The molecule has 0 fully saturated rings. The molecular formula is C13H20BrNO4. The highest BCUT2D eigenvalue weighted by Crippen LogP contribution is 2.20. The monoisotopic (exact) mass is 333 g/mol. The predicted molar refractivity (Wildman–Crippen MR) is 75.8 cm³/mol. The van der Waals surface area contributed by atoms with Crippen molar-refractivity contribution >= 4 is 33.7 Å². The lowest BCUT2D eigenvalue weighted by atomic mass is 10.0. The van der Waals surface area contributed by atoms with Gasteiger partial charge in [0.05, 0.1) is 17.1 Å². The second-order valence-corrected chi connectivity index (χ2v) is 5.61. The minimum atomic E-state index is -0.607. The van der Waals surface area contributed by atoms with Crippen LogP contribution in [0.5, 0.6) is 0 Å². The Morgan fingerprint density at radius 1 is 1.58 bits per heavy atom. The number of nitrogens with zero attached hydrogens (tertiary/aromatic N) is 1. The van der Waals surface area contributed by atoms with Crippen LogP contribution in [0.1, 0.15) is 46.0 Å². The number of hydrogen-bond acceptors (Lipinski definition) is 4. The first-order valence-corrected chi connectivity index (χ1v) is 7.52. The van der Waals surface area contributed by atoms with Crippen LogP contribution in [0.25, 0.3) is 0 Å². The lowest BCUT2D eigenvalue weighted by Gasteiger charge is -2.20. The number of unbranched alkanes of at least 4 members (excludes halogenated alkanes) is 2. The van der Waals surface area contributed by atoms with Crippen LogP contribution in [0.15, 0.2) is 4.99 Å². The standard InChI is InChI=1S/C13H20BrNO4/c1-3-4-5-6-10(14)12-11(19-9(2)16)7-8-18-13(17)15-12/h10-11H,3-8H2,1-2H3/t10-,11?/m0/s1. The van der Waals surface area contributed by atoms with E-state index in [-0.39, 0.29) is 17.4 Å². The molecule has 0 N–H and O–H groups in total. The molecule has 0 spiro atoms. The molecule has 0 saturated carbocycles. The Kier molecular flexibility index (Phi) is 7.05. The minimum Gasteiger partial charge on any atom is -0.456 e. The van der Waals surface area contributed by atoms with Crippen molar-refractivity contribution < 1.29 is 19.1 Å². The zero-order valence-electron chi connectivity index (χ0n) is 11.4. The van der Waals surface area contributed by atoms with Gasteiger partial charge in [-0.25, -0.2) is 4.79 Å². The normalized spacial score (nSPS) is 21.1. The molecule has 1 aliphatic heterocycles. The van der Waals surface area contributed by atoms with Gasteiger partial charge in [-0.05, 0) is 6.42 Å². The van der Waals surface area contributed by atoms with Crippen LogP contribution in [0.3, 0.4) is 0 Å². The minimum absolute atomic E-state index is 0.0611. The molecule has 0 aromatic carbocycles. The number of halogens is 1. The lowest BCUT2D eigenvalue weighted by Crippen LogP contribution is -2.33. The van der Waals surface area contributed by atoms with Crippen molar-refractivity contribution in [3.63, 3.8) is 0 Å². The third-order valence-electron chi connectivity index (χ3n) is 2.85. The first-order chi connectivity index (χ1) is 9.04. The van der Waals surface area contributed by atoms with Crippen molar-refractivity contribution in [3.8, 4) is 0 Å². The Balaban J connectivity index is 2.74. The number of carbonyl (C=O) groups excluding carboxylic acids is 2. The number of esters is 1. The molecule has 0 aliphatic carbocycles. The predicted octanol–water partition coefficient (Wildman–Crippen LogP) is 3.24. The zero-order valence-corrected chi connectivity index (χ0v) is 12.9. The Morgan fingerprint density at radius 2 is 2.32 bits per heavy atom. The molecular weight excluding hydrogens is 314 g/mol. The summed E-state index contributed by atoms with van der Waals surface area (Å²) in [6.45, 7) is 3.70. The summed E-state index contributed by atoms with van der Waals surface area (Å²) < 4.78 is 10.1. The molecule has 6 heteroatoms. The van der Waals surface area contributed by atoms with E-state index in [0.29, 0.717) is 12.1 Å². The Bertz CT molecular complexity index is 357. The molecule has 0 aromatic heterocycles. The number of hydrogen-bond donors (Lipinski definition) is 0. The van der Waals surface area contributed by atoms with Gasteiger partial charge in [0.25, 0.3) is 0 Å². The van der Waals surface area contributed by atoms with Crippen molar-refractivity contribution in [1.82, 2.24) is 0 Å². The average molecular weight is 334 g/mol. The highest BCUT2D eigenvalue weighted by atomic mass is 79.9. The maximum Gasteiger partial charge on any atom is 0.433 e. The number of ether oxygens (including phenoxy) is 2. The second kappa shape index (κ2) is 8.30. The van der Waals surface area contributed by atoms with E-state index < -0.39 is 12.2 Å². The molecule has 1 unspecified atom stereocenters. The van der Waals surface area contributed by atoms with Crippen LogP contribution in [0.2, 0.25) is 0 Å². The van der Waals surface area contributed by atoms with Crippen molar-refractivity contribution in [2.75, 3.05) is 6.61 Å². The van der Waals surface area contributed by atoms with E-state index >= 15 is 0 Å². The maximum atomic E-state index is 11.4. The third kappa shape index (κ3) is 5.72. The van der Waals surface area contributed by atoms with Gasteiger partial charge in [-0.3, -0.25) is 4.79 Å². The molecule has 19 heavy (non-hydrogen) atoms. The number of rotatable bonds is 6. The van der Waals surface area contributed by atoms with Crippen LogP contribution < -0.4 is 0 Å². The van der Waals surface area contributed by atoms with E-state index in [4.69, 9.17) is 9.47 Å². The molecule has 108 valence electrons. The number of amides is 1. The highest BCUT2D eigenvalue weighted by molar-refractivity contribution is 9.10. The average Bonchev–Trinajstić information content (AvgIpc) is 2.51.